The van der Waals surface area contributed by atoms with Crippen LogP contribution in [0.2, 0.25) is 0 Å². The van der Waals surface area contributed by atoms with Gasteiger partial charge in [-0.15, -0.1) is 0 Å². The van der Waals surface area contributed by atoms with Gasteiger partial charge in [0.2, 0.25) is 0 Å². The van der Waals surface area contributed by atoms with Gasteiger partial charge < -0.3 is 10.1 Å². The molecule has 0 saturated carbocycles. The van der Waals surface area contributed by atoms with Gasteiger partial charge in [-0.05, 0) is 18.2 Å². The van der Waals surface area contributed by atoms with Crippen molar-refractivity contribution >= 4 is 11.7 Å². The van der Waals surface area contributed by atoms with Crippen LogP contribution in [-0.4, -0.2) is 47.3 Å². The van der Waals surface area contributed by atoms with Crippen molar-refractivity contribution in [1.29, 1.82) is 0 Å². The summed E-state index contributed by atoms with van der Waals surface area (Å²) in [6.07, 6.45) is -2.69. The highest BCUT2D eigenvalue weighted by Gasteiger charge is 2.36. The van der Waals surface area contributed by atoms with Crippen LogP contribution in [-0.2, 0) is 10.9 Å². The number of rotatable bonds is 3. The van der Waals surface area contributed by atoms with Gasteiger partial charge in [-0.1, -0.05) is 0 Å². The van der Waals surface area contributed by atoms with Crippen molar-refractivity contribution in [2.75, 3.05) is 31.6 Å². The van der Waals surface area contributed by atoms with Crippen LogP contribution in [0.25, 0.3) is 11.3 Å². The van der Waals surface area contributed by atoms with Gasteiger partial charge in [0.05, 0.1) is 30.8 Å². The number of aromatic nitrogens is 2. The fourth-order valence-corrected chi connectivity index (χ4v) is 2.46. The number of halogens is 4. The number of ether oxygens (including phenoxy) is 1. The van der Waals surface area contributed by atoms with Gasteiger partial charge in [0.1, 0.15) is 5.82 Å². The zero-order valence-electron chi connectivity index (χ0n) is 13.9. The maximum atomic E-state index is 13.4. The Balaban J connectivity index is 1.83. The summed E-state index contributed by atoms with van der Waals surface area (Å²) in [5.41, 5.74) is 0.616. The van der Waals surface area contributed by atoms with E-state index in [0.29, 0.717) is 26.3 Å². The molecule has 1 saturated heterocycles. The molecule has 3 rings (SSSR count). The molecule has 0 atom stereocenters. The van der Waals surface area contributed by atoms with E-state index in [0.717, 1.165) is 18.3 Å². The van der Waals surface area contributed by atoms with E-state index >= 15 is 0 Å². The summed E-state index contributed by atoms with van der Waals surface area (Å²) in [6, 6.07) is 2.50. The summed E-state index contributed by atoms with van der Waals surface area (Å²) in [4.78, 5) is 19.1. The van der Waals surface area contributed by atoms with E-state index in [9.17, 15) is 22.4 Å². The number of nitrogens with zero attached hydrogens (tertiary/aromatic N) is 3. The monoisotopic (exact) mass is 385 g/mol. The van der Waals surface area contributed by atoms with E-state index < -0.39 is 29.4 Å². The number of hydrogen-bond donors (Lipinski definition) is 2. The van der Waals surface area contributed by atoms with Crippen molar-refractivity contribution in [3.63, 3.8) is 0 Å². The molecule has 27 heavy (non-hydrogen) atoms. The number of pyridine rings is 2. The zero-order valence-corrected chi connectivity index (χ0v) is 13.9. The van der Waals surface area contributed by atoms with Gasteiger partial charge in [-0.25, -0.2) is 19.2 Å². The number of urea groups is 1. The molecule has 1 aliphatic heterocycles. The molecule has 0 spiro atoms. The molecule has 1 aliphatic rings. The third-order valence-electron chi connectivity index (χ3n) is 3.68. The van der Waals surface area contributed by atoms with Crippen molar-refractivity contribution in [2.45, 2.75) is 6.18 Å². The maximum Gasteiger partial charge on any atom is 0.435 e. The fraction of sp³-hybridized carbons (Fsp3) is 0.312. The van der Waals surface area contributed by atoms with Gasteiger partial charge in [0.15, 0.2) is 5.69 Å². The average Bonchev–Trinajstić information content (AvgIpc) is 2.62. The second kappa shape index (κ2) is 7.84. The minimum absolute atomic E-state index is 0.0878. The van der Waals surface area contributed by atoms with Crippen LogP contribution in [0.4, 0.5) is 28.0 Å². The standard InChI is InChI=1S/C16H15F4N5O2/c17-11-7-10(8-21-9-11)12-1-2-13(14(22-12)16(18,19)20)23-15(26)24-25-3-5-27-6-4-25/h1-2,7-9H,3-6H2,(H2,23,24,26). The Hall–Kier alpha value is -2.79. The molecule has 3 heterocycles. The van der Waals surface area contributed by atoms with Gasteiger partial charge in [0, 0.05) is 24.8 Å². The van der Waals surface area contributed by atoms with E-state index in [1.807, 2.05) is 0 Å². The molecule has 0 aromatic carbocycles. The summed E-state index contributed by atoms with van der Waals surface area (Å²) in [5.74, 6) is -0.699. The first-order valence-electron chi connectivity index (χ1n) is 7.92. The molecule has 0 aliphatic carbocycles. The van der Waals surface area contributed by atoms with E-state index in [1.54, 1.807) is 0 Å². The van der Waals surface area contributed by atoms with Crippen molar-refractivity contribution < 1.29 is 27.1 Å². The number of amides is 2. The highest BCUT2D eigenvalue weighted by molar-refractivity contribution is 5.89. The van der Waals surface area contributed by atoms with Crippen LogP contribution in [0.3, 0.4) is 0 Å². The highest BCUT2D eigenvalue weighted by Crippen LogP contribution is 2.35. The topological polar surface area (TPSA) is 79.4 Å². The molecule has 2 amide bonds. The third-order valence-corrected chi connectivity index (χ3v) is 3.68. The number of carbonyl (C=O) groups is 1. The van der Waals surface area contributed by atoms with Crippen LogP contribution >= 0.6 is 0 Å². The Kier molecular flexibility index (Phi) is 5.51. The number of alkyl halides is 3. The maximum absolute atomic E-state index is 13.4. The Morgan fingerprint density at radius 2 is 1.93 bits per heavy atom. The second-order valence-electron chi connectivity index (χ2n) is 5.65. The molecule has 2 aromatic heterocycles. The van der Waals surface area contributed by atoms with Crippen molar-refractivity contribution in [3.8, 4) is 11.3 Å². The predicted molar refractivity (Wildman–Crippen MR) is 87.0 cm³/mol. The second-order valence-corrected chi connectivity index (χ2v) is 5.65. The lowest BCUT2D eigenvalue weighted by Gasteiger charge is -2.27. The predicted octanol–water partition coefficient (Wildman–Crippen LogP) is 2.67. The zero-order chi connectivity index (χ0) is 19.4. The SMILES string of the molecule is O=C(Nc1ccc(-c2cncc(F)c2)nc1C(F)(F)F)NN1CCOCC1. The van der Waals surface area contributed by atoms with Gasteiger partial charge >= 0.3 is 12.2 Å². The minimum Gasteiger partial charge on any atom is -0.379 e. The molecule has 1 fully saturated rings. The quantitative estimate of drug-likeness (QED) is 0.795. The van der Waals surface area contributed by atoms with Crippen LogP contribution in [0, 0.1) is 5.82 Å². The first-order chi connectivity index (χ1) is 12.8. The van der Waals surface area contributed by atoms with E-state index in [2.05, 4.69) is 20.7 Å². The molecular weight excluding hydrogens is 370 g/mol. The number of hydrazine groups is 1. The van der Waals surface area contributed by atoms with Crippen LogP contribution in [0.1, 0.15) is 5.69 Å². The van der Waals surface area contributed by atoms with Crippen molar-refractivity contribution in [1.82, 2.24) is 20.4 Å². The molecule has 144 valence electrons. The van der Waals surface area contributed by atoms with Crippen molar-refractivity contribution in [3.05, 3.63) is 42.1 Å². The number of anilines is 1. The fourth-order valence-electron chi connectivity index (χ4n) is 2.46. The lowest BCUT2D eigenvalue weighted by Crippen LogP contribution is -2.49. The number of hydrogen-bond acceptors (Lipinski definition) is 5. The Labute approximate surface area is 151 Å². The summed E-state index contributed by atoms with van der Waals surface area (Å²) in [6.45, 7) is 1.66. The Morgan fingerprint density at radius 1 is 1.19 bits per heavy atom. The largest absolute Gasteiger partial charge is 0.435 e. The lowest BCUT2D eigenvalue weighted by molar-refractivity contribution is -0.140. The summed E-state index contributed by atoms with van der Waals surface area (Å²) < 4.78 is 58.5. The van der Waals surface area contributed by atoms with Gasteiger partial charge in [0.25, 0.3) is 0 Å². The van der Waals surface area contributed by atoms with Crippen LogP contribution in [0.5, 0.6) is 0 Å². The van der Waals surface area contributed by atoms with Gasteiger partial charge in [-0.2, -0.15) is 13.2 Å². The number of carbonyl (C=O) groups excluding carboxylic acids is 1. The lowest BCUT2D eigenvalue weighted by atomic mass is 10.1. The molecule has 2 aromatic rings. The van der Waals surface area contributed by atoms with E-state index in [1.165, 1.54) is 17.3 Å². The van der Waals surface area contributed by atoms with Crippen molar-refractivity contribution in [2.24, 2.45) is 0 Å². The molecule has 2 N–H and O–H groups in total. The third kappa shape index (κ3) is 4.89. The highest BCUT2D eigenvalue weighted by atomic mass is 19.4. The van der Waals surface area contributed by atoms with Crippen LogP contribution < -0.4 is 10.7 Å². The summed E-state index contributed by atoms with van der Waals surface area (Å²) in [5, 5.41) is 3.68. The number of morpholine rings is 1. The first-order valence-corrected chi connectivity index (χ1v) is 7.92. The Morgan fingerprint density at radius 3 is 2.59 bits per heavy atom. The molecule has 7 nitrogen and oxygen atoms in total. The van der Waals surface area contributed by atoms with Crippen LogP contribution in [0.15, 0.2) is 30.6 Å². The number of nitrogens with one attached hydrogen (secondary N) is 2. The minimum atomic E-state index is -4.82. The molecular formula is C16H15F4N5O2. The average molecular weight is 385 g/mol. The van der Waals surface area contributed by atoms with E-state index in [4.69, 9.17) is 4.74 Å². The van der Waals surface area contributed by atoms with E-state index in [-0.39, 0.29) is 11.3 Å². The molecule has 0 unspecified atom stereocenters. The molecule has 0 bridgehead atoms. The smallest absolute Gasteiger partial charge is 0.379 e. The Bertz CT molecular complexity index is 825. The summed E-state index contributed by atoms with van der Waals surface area (Å²) >= 11 is 0. The summed E-state index contributed by atoms with van der Waals surface area (Å²) in [7, 11) is 0. The first kappa shape index (κ1) is 19.0. The molecule has 11 heteroatoms. The molecule has 0 radical (unpaired) electrons. The normalized spacial score (nSPS) is 15.4. The van der Waals surface area contributed by atoms with Gasteiger partial charge in [-0.3, -0.25) is 10.4 Å².